The van der Waals surface area contributed by atoms with Gasteiger partial charge in [0.15, 0.2) is 5.65 Å². The van der Waals surface area contributed by atoms with Crippen LogP contribution in [-0.2, 0) is 0 Å². The van der Waals surface area contributed by atoms with Crippen molar-refractivity contribution < 1.29 is 4.74 Å². The number of rotatable bonds is 2. The molecule has 0 atom stereocenters. The maximum atomic E-state index is 6.12. The number of ether oxygens (including phenoxy) is 1. The molecule has 2 aromatic heterocycles. The minimum absolute atomic E-state index is 0.168. The van der Waals surface area contributed by atoms with Crippen molar-refractivity contribution in [2.75, 3.05) is 12.8 Å². The van der Waals surface area contributed by atoms with E-state index in [-0.39, 0.29) is 5.95 Å². The summed E-state index contributed by atoms with van der Waals surface area (Å²) < 4.78 is 5.12. The summed E-state index contributed by atoms with van der Waals surface area (Å²) in [6.45, 7) is 0. The van der Waals surface area contributed by atoms with Crippen LogP contribution in [0, 0.1) is 0 Å². The van der Waals surface area contributed by atoms with Gasteiger partial charge >= 0.3 is 0 Å². The Morgan fingerprint density at radius 2 is 2.16 bits per heavy atom. The van der Waals surface area contributed by atoms with Crippen molar-refractivity contribution >= 4 is 28.7 Å². The predicted molar refractivity (Wildman–Crippen MR) is 73.1 cm³/mol. The summed E-state index contributed by atoms with van der Waals surface area (Å²) in [7, 11) is 1.57. The molecular formula is C12H10ClN5O. The number of aromatic nitrogens is 4. The van der Waals surface area contributed by atoms with Gasteiger partial charge in [0, 0.05) is 5.56 Å². The first-order chi connectivity index (χ1) is 9.19. The van der Waals surface area contributed by atoms with Gasteiger partial charge in [-0.05, 0) is 18.2 Å². The zero-order chi connectivity index (χ0) is 13.4. The zero-order valence-electron chi connectivity index (χ0n) is 10.0. The molecule has 7 heteroatoms. The second kappa shape index (κ2) is 4.40. The van der Waals surface area contributed by atoms with E-state index in [0.29, 0.717) is 22.1 Å². The van der Waals surface area contributed by atoms with Crippen LogP contribution in [0.15, 0.2) is 24.5 Å². The highest BCUT2D eigenvalue weighted by atomic mass is 35.5. The van der Waals surface area contributed by atoms with Crippen LogP contribution >= 0.6 is 11.6 Å². The molecule has 0 radical (unpaired) electrons. The van der Waals surface area contributed by atoms with E-state index >= 15 is 0 Å². The van der Waals surface area contributed by atoms with Gasteiger partial charge in [-0.15, -0.1) is 0 Å². The number of fused-ring (bicyclic) bond motifs is 1. The van der Waals surface area contributed by atoms with Gasteiger partial charge in [0.2, 0.25) is 5.95 Å². The van der Waals surface area contributed by atoms with Crippen LogP contribution in [0.1, 0.15) is 0 Å². The Bertz CT molecular complexity index is 755. The minimum atomic E-state index is 0.168. The molecule has 0 saturated carbocycles. The molecule has 3 rings (SSSR count). The maximum Gasteiger partial charge on any atom is 0.222 e. The monoisotopic (exact) mass is 275 g/mol. The second-order valence-electron chi connectivity index (χ2n) is 3.88. The highest BCUT2D eigenvalue weighted by molar-refractivity contribution is 6.32. The molecule has 0 aliphatic rings. The average Bonchev–Trinajstić information content (AvgIpc) is 2.85. The van der Waals surface area contributed by atoms with Gasteiger partial charge < -0.3 is 15.5 Å². The van der Waals surface area contributed by atoms with Gasteiger partial charge in [-0.2, -0.15) is 4.98 Å². The highest BCUT2D eigenvalue weighted by Gasteiger charge is 2.12. The van der Waals surface area contributed by atoms with E-state index in [9.17, 15) is 0 Å². The lowest BCUT2D eigenvalue weighted by Crippen LogP contribution is -1.98. The Hall–Kier alpha value is -2.34. The fourth-order valence-electron chi connectivity index (χ4n) is 1.87. The summed E-state index contributed by atoms with van der Waals surface area (Å²) in [5.41, 5.74) is 8.39. The molecule has 0 bridgehead atoms. The Balaban J connectivity index is 2.23. The summed E-state index contributed by atoms with van der Waals surface area (Å²) in [5.74, 6) is 0.773. The molecule has 0 amide bonds. The van der Waals surface area contributed by atoms with Gasteiger partial charge in [-0.1, -0.05) is 11.6 Å². The molecule has 3 aromatic rings. The van der Waals surface area contributed by atoms with Crippen LogP contribution in [-0.4, -0.2) is 27.0 Å². The molecule has 0 aliphatic carbocycles. The molecule has 0 fully saturated rings. The molecule has 0 spiro atoms. The van der Waals surface area contributed by atoms with E-state index in [0.717, 1.165) is 11.1 Å². The van der Waals surface area contributed by atoms with Gasteiger partial charge in [-0.3, -0.25) is 0 Å². The number of hydrogen-bond acceptors (Lipinski definition) is 5. The van der Waals surface area contributed by atoms with E-state index < -0.39 is 0 Å². The molecular weight excluding hydrogens is 266 g/mol. The third-order valence-corrected chi connectivity index (χ3v) is 3.02. The first-order valence-corrected chi connectivity index (χ1v) is 5.87. The molecule has 6 nitrogen and oxygen atoms in total. The van der Waals surface area contributed by atoms with E-state index in [1.165, 1.54) is 0 Å². The first kappa shape index (κ1) is 11.7. The Labute approximate surface area is 113 Å². The third kappa shape index (κ3) is 1.96. The number of halogens is 1. The first-order valence-electron chi connectivity index (χ1n) is 5.49. The molecule has 3 N–H and O–H groups in total. The molecule has 19 heavy (non-hydrogen) atoms. The minimum Gasteiger partial charge on any atom is -0.495 e. The summed E-state index contributed by atoms with van der Waals surface area (Å²) >= 11 is 6.12. The lowest BCUT2D eigenvalue weighted by molar-refractivity contribution is 0.415. The number of hydrogen-bond donors (Lipinski definition) is 2. The Morgan fingerprint density at radius 1 is 1.32 bits per heavy atom. The van der Waals surface area contributed by atoms with Crippen molar-refractivity contribution in [2.45, 2.75) is 0 Å². The number of nitrogen functional groups attached to an aromatic ring is 1. The Morgan fingerprint density at radius 3 is 2.89 bits per heavy atom. The number of imidazole rings is 1. The van der Waals surface area contributed by atoms with Crippen LogP contribution in [0.5, 0.6) is 5.75 Å². The van der Waals surface area contributed by atoms with Gasteiger partial charge in [0.1, 0.15) is 17.0 Å². The van der Waals surface area contributed by atoms with E-state index in [2.05, 4.69) is 19.9 Å². The van der Waals surface area contributed by atoms with Crippen LogP contribution in [0.2, 0.25) is 5.02 Å². The smallest absolute Gasteiger partial charge is 0.222 e. The number of nitrogens with two attached hydrogens (primary N) is 1. The summed E-state index contributed by atoms with van der Waals surface area (Å²) in [6, 6.07) is 5.40. The summed E-state index contributed by atoms with van der Waals surface area (Å²) in [5, 5.41) is 0.504. The van der Waals surface area contributed by atoms with Crippen molar-refractivity contribution in [3.05, 3.63) is 29.5 Å². The highest BCUT2D eigenvalue weighted by Crippen LogP contribution is 2.31. The SMILES string of the molecule is COc1ccc(-c2nc(N)nc3nc[nH]c23)cc1Cl. The second-order valence-corrected chi connectivity index (χ2v) is 4.29. The third-order valence-electron chi connectivity index (χ3n) is 2.73. The molecule has 0 saturated heterocycles. The Kier molecular flexibility index (Phi) is 2.72. The topological polar surface area (TPSA) is 89.7 Å². The van der Waals surface area contributed by atoms with Crippen LogP contribution < -0.4 is 10.5 Å². The van der Waals surface area contributed by atoms with Gasteiger partial charge in [0.25, 0.3) is 0 Å². The van der Waals surface area contributed by atoms with Crippen molar-refractivity contribution in [3.8, 4) is 17.0 Å². The fourth-order valence-corrected chi connectivity index (χ4v) is 2.13. The molecule has 2 heterocycles. The van der Waals surface area contributed by atoms with E-state index in [1.807, 2.05) is 6.07 Å². The molecule has 96 valence electrons. The van der Waals surface area contributed by atoms with E-state index in [1.54, 1.807) is 25.6 Å². The molecule has 0 aliphatic heterocycles. The quantitative estimate of drug-likeness (QED) is 0.749. The van der Waals surface area contributed by atoms with Gasteiger partial charge in [-0.25, -0.2) is 9.97 Å². The lowest BCUT2D eigenvalue weighted by atomic mass is 10.1. The predicted octanol–water partition coefficient (Wildman–Crippen LogP) is 2.26. The average molecular weight is 276 g/mol. The zero-order valence-corrected chi connectivity index (χ0v) is 10.8. The number of nitrogens with one attached hydrogen (secondary N) is 1. The van der Waals surface area contributed by atoms with Crippen molar-refractivity contribution in [1.29, 1.82) is 0 Å². The van der Waals surface area contributed by atoms with E-state index in [4.69, 9.17) is 22.1 Å². The van der Waals surface area contributed by atoms with Crippen LogP contribution in [0.4, 0.5) is 5.95 Å². The van der Waals surface area contributed by atoms with Crippen molar-refractivity contribution in [1.82, 2.24) is 19.9 Å². The number of anilines is 1. The number of methoxy groups -OCH3 is 1. The van der Waals surface area contributed by atoms with Crippen molar-refractivity contribution in [3.63, 3.8) is 0 Å². The normalized spacial score (nSPS) is 10.8. The molecule has 1 aromatic carbocycles. The summed E-state index contributed by atoms with van der Waals surface area (Å²) in [4.78, 5) is 15.4. The van der Waals surface area contributed by atoms with Crippen LogP contribution in [0.25, 0.3) is 22.4 Å². The largest absolute Gasteiger partial charge is 0.495 e. The molecule has 0 unspecified atom stereocenters. The maximum absolute atomic E-state index is 6.12. The van der Waals surface area contributed by atoms with Gasteiger partial charge in [0.05, 0.1) is 18.5 Å². The number of nitrogens with zero attached hydrogens (tertiary/aromatic N) is 3. The fraction of sp³-hybridized carbons (Fsp3) is 0.0833. The standard InChI is InChI=1S/C12H10ClN5O/c1-19-8-3-2-6(4-7(8)13)9-10-11(16-5-15-10)18-12(14)17-9/h2-5H,1H3,(H3,14,15,16,17,18). The van der Waals surface area contributed by atoms with Crippen molar-refractivity contribution in [2.24, 2.45) is 0 Å². The summed E-state index contributed by atoms with van der Waals surface area (Å²) in [6.07, 6.45) is 1.55. The lowest BCUT2D eigenvalue weighted by Gasteiger charge is -2.06. The number of benzene rings is 1. The van der Waals surface area contributed by atoms with Crippen LogP contribution in [0.3, 0.4) is 0 Å². The number of H-pyrrole nitrogens is 1. The number of aromatic amines is 1.